The van der Waals surface area contributed by atoms with E-state index >= 15 is 0 Å². The van der Waals surface area contributed by atoms with Gasteiger partial charge in [0.15, 0.2) is 5.75 Å². The van der Waals surface area contributed by atoms with Crippen molar-refractivity contribution in [3.8, 4) is 5.75 Å². The summed E-state index contributed by atoms with van der Waals surface area (Å²) in [6.07, 6.45) is 0. The molecule has 1 aromatic carbocycles. The predicted molar refractivity (Wildman–Crippen MR) is 53.2 cm³/mol. The Morgan fingerprint density at radius 1 is 0.615 bits per heavy atom. The number of phenolic OH excluding ortho intramolecular Hbond substituents is 1. The summed E-state index contributed by atoms with van der Waals surface area (Å²) in [6, 6.07) is 0. The van der Waals surface area contributed by atoms with Crippen molar-refractivity contribution in [3.63, 3.8) is 0 Å². The molecule has 1 nitrogen and oxygen atoms in total. The van der Waals surface area contributed by atoms with E-state index in [4.69, 9.17) is 58.0 Å². The molecule has 0 unspecified atom stereocenters. The molecule has 0 aliphatic heterocycles. The minimum atomic E-state index is -0.363. The predicted octanol–water partition coefficient (Wildman–Crippen LogP) is 4.66. The van der Waals surface area contributed by atoms with Gasteiger partial charge in [-0.15, -0.1) is 0 Å². The summed E-state index contributed by atoms with van der Waals surface area (Å²) in [5.41, 5.74) is 0. The van der Waals surface area contributed by atoms with Crippen LogP contribution < -0.4 is 0 Å². The Hall–Kier alpha value is 1.41. The van der Waals surface area contributed by atoms with Gasteiger partial charge in [0.2, 0.25) is 0 Å². The Bertz CT molecular complexity index is 235. The van der Waals surface area contributed by atoms with Crippen LogP contribution >= 0.6 is 58.0 Å². The van der Waals surface area contributed by atoms with Crippen molar-refractivity contribution in [2.45, 2.75) is 0 Å². The Balaban J connectivity index is 0.00000144. The number of aromatic hydroxyl groups is 1. The standard InChI is InChI=1S/C6HCl5O.Hg/c7-1-2(8)4(10)6(12)5(11)3(1)9;/h12H;. The fourth-order valence-corrected chi connectivity index (χ4v) is 1.72. The zero-order valence-electron chi connectivity index (χ0n) is 6.04. The molecule has 13 heavy (non-hydrogen) atoms. The molecule has 0 atom stereocenters. The minimum absolute atomic E-state index is 0. The number of rotatable bonds is 0. The van der Waals surface area contributed by atoms with Crippen LogP contribution in [-0.4, -0.2) is 5.11 Å². The van der Waals surface area contributed by atoms with E-state index in [2.05, 4.69) is 0 Å². The topological polar surface area (TPSA) is 20.2 Å². The van der Waals surface area contributed by atoms with Gasteiger partial charge in [-0.2, -0.15) is 0 Å². The monoisotopic (exact) mass is 466 g/mol. The van der Waals surface area contributed by atoms with Crippen LogP contribution in [-0.2, 0) is 27.7 Å². The number of hydrogen-bond donors (Lipinski definition) is 1. The van der Waals surface area contributed by atoms with Gasteiger partial charge < -0.3 is 5.11 Å². The summed E-state index contributed by atoms with van der Waals surface area (Å²) < 4.78 is 0. The van der Waals surface area contributed by atoms with Crippen LogP contribution in [0.25, 0.3) is 0 Å². The van der Waals surface area contributed by atoms with E-state index in [0.717, 1.165) is 0 Å². The number of halogens is 5. The second-order valence-corrected chi connectivity index (χ2v) is 3.81. The molecule has 0 spiro atoms. The smallest absolute Gasteiger partial charge is 0.155 e. The van der Waals surface area contributed by atoms with Crippen molar-refractivity contribution in [2.75, 3.05) is 0 Å². The Labute approximate surface area is 120 Å². The van der Waals surface area contributed by atoms with Gasteiger partial charge in [-0.1, -0.05) is 58.0 Å². The largest absolute Gasteiger partial charge is 0.505 e. The van der Waals surface area contributed by atoms with Gasteiger partial charge >= 0.3 is 0 Å². The van der Waals surface area contributed by atoms with Crippen molar-refractivity contribution in [2.24, 2.45) is 0 Å². The molecule has 0 aliphatic carbocycles. The van der Waals surface area contributed by atoms with Crippen molar-refractivity contribution in [1.29, 1.82) is 0 Å². The first-order valence-corrected chi connectivity index (χ1v) is 4.56. The van der Waals surface area contributed by atoms with Gasteiger partial charge in [0.25, 0.3) is 0 Å². The van der Waals surface area contributed by atoms with E-state index in [1.165, 1.54) is 0 Å². The zero-order chi connectivity index (χ0) is 9.46. The molecule has 1 N–H and O–H groups in total. The van der Waals surface area contributed by atoms with Crippen molar-refractivity contribution in [1.82, 2.24) is 0 Å². The maximum atomic E-state index is 9.20. The van der Waals surface area contributed by atoms with E-state index in [-0.39, 0.29) is 58.5 Å². The summed E-state index contributed by atoms with van der Waals surface area (Å²) >= 11 is 27.9. The number of benzene rings is 1. The average molecular weight is 467 g/mol. The van der Waals surface area contributed by atoms with Crippen LogP contribution in [0.1, 0.15) is 0 Å². The molecule has 0 saturated carbocycles. The molecular weight excluding hydrogens is 466 g/mol. The molecule has 7 heteroatoms. The van der Waals surface area contributed by atoms with Gasteiger partial charge in [0.1, 0.15) is 10.0 Å². The molecule has 1 aromatic rings. The SMILES string of the molecule is Oc1c(Cl)c(Cl)c(Cl)c(Cl)c1Cl.[Hg]. The molecule has 0 fully saturated rings. The van der Waals surface area contributed by atoms with Gasteiger partial charge in [0, 0.05) is 27.7 Å². The fourth-order valence-electron chi connectivity index (χ4n) is 0.593. The molecule has 0 heterocycles. The van der Waals surface area contributed by atoms with Crippen LogP contribution in [0.5, 0.6) is 5.75 Å². The molecule has 0 radical (unpaired) electrons. The molecule has 0 bridgehead atoms. The molecular formula is C6HCl5HgO. The van der Waals surface area contributed by atoms with Gasteiger partial charge in [-0.3, -0.25) is 0 Å². The molecule has 68 valence electrons. The Morgan fingerprint density at radius 2 is 0.846 bits per heavy atom. The Morgan fingerprint density at radius 3 is 1.15 bits per heavy atom. The minimum Gasteiger partial charge on any atom is -0.505 e. The summed E-state index contributed by atoms with van der Waals surface area (Å²) in [6.45, 7) is 0. The maximum Gasteiger partial charge on any atom is 0.155 e. The number of phenols is 1. The third-order valence-corrected chi connectivity index (χ3v) is 3.44. The van der Waals surface area contributed by atoms with E-state index in [1.54, 1.807) is 0 Å². The maximum absolute atomic E-state index is 9.20. The summed E-state index contributed by atoms with van der Waals surface area (Å²) in [7, 11) is 0. The Kier molecular flexibility index (Phi) is 6.07. The van der Waals surface area contributed by atoms with Gasteiger partial charge in [-0.25, -0.2) is 0 Å². The first-order chi connectivity index (χ1) is 5.46. The van der Waals surface area contributed by atoms with E-state index < -0.39 is 0 Å². The van der Waals surface area contributed by atoms with E-state index in [1.807, 2.05) is 0 Å². The molecule has 0 amide bonds. The molecule has 0 saturated heterocycles. The van der Waals surface area contributed by atoms with E-state index in [9.17, 15) is 5.11 Å². The van der Waals surface area contributed by atoms with Crippen molar-refractivity contribution >= 4 is 58.0 Å². The molecule has 0 aromatic heterocycles. The first kappa shape index (κ1) is 14.4. The van der Waals surface area contributed by atoms with Crippen LogP contribution in [0.2, 0.25) is 25.1 Å². The summed E-state index contributed by atoms with van der Waals surface area (Å²) in [4.78, 5) is 0. The number of hydrogen-bond acceptors (Lipinski definition) is 1. The zero-order valence-corrected chi connectivity index (χ0v) is 15.3. The average Bonchev–Trinajstić information content (AvgIpc) is 2.08. The van der Waals surface area contributed by atoms with Crippen molar-refractivity contribution < 1.29 is 32.8 Å². The van der Waals surface area contributed by atoms with Crippen LogP contribution in [0.3, 0.4) is 0 Å². The molecule has 1 rings (SSSR count). The van der Waals surface area contributed by atoms with Crippen LogP contribution in [0.4, 0.5) is 0 Å². The quantitative estimate of drug-likeness (QED) is 0.335. The normalized spacial score (nSPS) is 9.62. The van der Waals surface area contributed by atoms with Crippen LogP contribution in [0, 0.1) is 0 Å². The first-order valence-electron chi connectivity index (χ1n) is 2.67. The van der Waals surface area contributed by atoms with E-state index in [0.29, 0.717) is 0 Å². The van der Waals surface area contributed by atoms with Gasteiger partial charge in [-0.05, 0) is 0 Å². The summed E-state index contributed by atoms with van der Waals surface area (Å²) in [5.74, 6) is -0.363. The second kappa shape index (κ2) is 5.48. The molecule has 0 aliphatic rings. The third kappa shape index (κ3) is 2.70. The van der Waals surface area contributed by atoms with Gasteiger partial charge in [0.05, 0.1) is 15.1 Å². The third-order valence-electron chi connectivity index (χ3n) is 1.19. The van der Waals surface area contributed by atoms with Crippen molar-refractivity contribution in [3.05, 3.63) is 25.1 Å². The second-order valence-electron chi connectivity index (χ2n) is 1.92. The summed E-state index contributed by atoms with van der Waals surface area (Å²) in [5, 5.41) is 9.01. The van der Waals surface area contributed by atoms with Crippen LogP contribution in [0.15, 0.2) is 0 Å². The fraction of sp³-hybridized carbons (Fsp3) is 0.